The van der Waals surface area contributed by atoms with E-state index in [-0.39, 0.29) is 5.75 Å². The number of phenolic OH excluding ortho intramolecular Hbond substituents is 1. The molecule has 1 aliphatic heterocycles. The van der Waals surface area contributed by atoms with Gasteiger partial charge < -0.3 is 15.1 Å². The van der Waals surface area contributed by atoms with E-state index in [0.29, 0.717) is 18.0 Å². The van der Waals surface area contributed by atoms with E-state index in [4.69, 9.17) is 11.6 Å². The van der Waals surface area contributed by atoms with E-state index in [2.05, 4.69) is 0 Å². The predicted octanol–water partition coefficient (Wildman–Crippen LogP) is 3.06. The normalized spacial score (nSPS) is 16.8. The third-order valence-corrected chi connectivity index (χ3v) is 4.11. The van der Waals surface area contributed by atoms with E-state index in [9.17, 15) is 15.0 Å². The van der Waals surface area contributed by atoms with Crippen molar-refractivity contribution < 1.29 is 15.0 Å². The van der Waals surface area contributed by atoms with Crippen LogP contribution in [0.5, 0.6) is 5.75 Å². The van der Waals surface area contributed by atoms with Gasteiger partial charge in [-0.3, -0.25) is 0 Å². The number of halogens is 1. The van der Waals surface area contributed by atoms with Crippen molar-refractivity contribution in [2.24, 2.45) is 0 Å². The van der Waals surface area contributed by atoms with Gasteiger partial charge in [-0.15, -0.1) is 0 Å². The van der Waals surface area contributed by atoms with Crippen LogP contribution in [0, 0.1) is 0 Å². The molecule has 0 aromatic heterocycles. The molecule has 3 rings (SSSR count). The standard InChI is InChI=1S/C16H14ClNO3/c17-13-4-2-1-3-10(13)9-18-14-6-5-12(19)7-11(14)8-15(18)16(20)21/h1-7,15,19H,8-9H2,(H,20,21). The molecule has 0 radical (unpaired) electrons. The van der Waals surface area contributed by atoms with Crippen molar-refractivity contribution in [2.75, 3.05) is 4.90 Å². The van der Waals surface area contributed by atoms with Gasteiger partial charge in [-0.2, -0.15) is 0 Å². The second-order valence-electron chi connectivity index (χ2n) is 5.09. The summed E-state index contributed by atoms with van der Waals surface area (Å²) in [5.41, 5.74) is 2.56. The highest BCUT2D eigenvalue weighted by atomic mass is 35.5. The molecule has 5 heteroatoms. The Morgan fingerprint density at radius 2 is 2.05 bits per heavy atom. The number of phenols is 1. The van der Waals surface area contributed by atoms with Gasteiger partial charge in [0.15, 0.2) is 0 Å². The smallest absolute Gasteiger partial charge is 0.326 e. The molecule has 2 aromatic carbocycles. The molecule has 1 aliphatic rings. The van der Waals surface area contributed by atoms with E-state index in [1.54, 1.807) is 24.3 Å². The fourth-order valence-corrected chi connectivity index (χ4v) is 2.92. The van der Waals surface area contributed by atoms with Gasteiger partial charge in [-0.05, 0) is 35.4 Å². The molecule has 0 fully saturated rings. The van der Waals surface area contributed by atoms with Crippen LogP contribution in [0.3, 0.4) is 0 Å². The minimum Gasteiger partial charge on any atom is -0.508 e. The van der Waals surface area contributed by atoms with Gasteiger partial charge >= 0.3 is 5.97 Å². The number of anilines is 1. The number of rotatable bonds is 3. The minimum atomic E-state index is -0.877. The van der Waals surface area contributed by atoms with Crippen molar-refractivity contribution in [2.45, 2.75) is 19.0 Å². The highest BCUT2D eigenvalue weighted by Crippen LogP contribution is 2.36. The summed E-state index contributed by atoms with van der Waals surface area (Å²) in [6.45, 7) is 0.425. The van der Waals surface area contributed by atoms with Crippen LogP contribution in [0.1, 0.15) is 11.1 Å². The summed E-state index contributed by atoms with van der Waals surface area (Å²) < 4.78 is 0. The lowest BCUT2D eigenvalue weighted by Crippen LogP contribution is -2.38. The first-order chi connectivity index (χ1) is 10.1. The van der Waals surface area contributed by atoms with Crippen molar-refractivity contribution in [1.82, 2.24) is 0 Å². The van der Waals surface area contributed by atoms with Crippen molar-refractivity contribution in [3.05, 3.63) is 58.6 Å². The van der Waals surface area contributed by atoms with Crippen LogP contribution >= 0.6 is 11.6 Å². The number of hydrogen-bond donors (Lipinski definition) is 2. The SMILES string of the molecule is O=C(O)C1Cc2cc(O)ccc2N1Cc1ccccc1Cl. The van der Waals surface area contributed by atoms with Crippen molar-refractivity contribution in [3.8, 4) is 5.75 Å². The minimum absolute atomic E-state index is 0.150. The van der Waals surface area contributed by atoms with Crippen LogP contribution in [0.25, 0.3) is 0 Å². The number of fused-ring (bicyclic) bond motifs is 1. The Balaban J connectivity index is 1.98. The van der Waals surface area contributed by atoms with E-state index in [1.165, 1.54) is 0 Å². The molecular weight excluding hydrogens is 290 g/mol. The zero-order chi connectivity index (χ0) is 15.0. The number of benzene rings is 2. The summed E-state index contributed by atoms with van der Waals surface area (Å²) in [7, 11) is 0. The number of aromatic hydroxyl groups is 1. The summed E-state index contributed by atoms with van der Waals surface area (Å²) in [6.07, 6.45) is 0.378. The van der Waals surface area contributed by atoms with Gasteiger partial charge in [-0.25, -0.2) is 4.79 Å². The highest BCUT2D eigenvalue weighted by molar-refractivity contribution is 6.31. The van der Waals surface area contributed by atoms with Gasteiger partial charge in [-0.1, -0.05) is 29.8 Å². The third-order valence-electron chi connectivity index (χ3n) is 3.75. The molecule has 2 aromatic rings. The van der Waals surface area contributed by atoms with Gasteiger partial charge in [0, 0.05) is 23.7 Å². The zero-order valence-electron chi connectivity index (χ0n) is 11.2. The first kappa shape index (κ1) is 13.8. The predicted molar refractivity (Wildman–Crippen MR) is 80.9 cm³/mol. The van der Waals surface area contributed by atoms with Crippen LogP contribution in [0.15, 0.2) is 42.5 Å². The lowest BCUT2D eigenvalue weighted by Gasteiger charge is -2.25. The van der Waals surface area contributed by atoms with Crippen LogP contribution in [0.2, 0.25) is 5.02 Å². The van der Waals surface area contributed by atoms with Crippen molar-refractivity contribution >= 4 is 23.3 Å². The third kappa shape index (κ3) is 2.54. The number of carboxylic acid groups (broad SMARTS) is 1. The van der Waals surface area contributed by atoms with E-state index < -0.39 is 12.0 Å². The molecular formula is C16H14ClNO3. The lowest BCUT2D eigenvalue weighted by atomic mass is 10.1. The molecule has 0 saturated carbocycles. The molecule has 0 saturated heterocycles. The van der Waals surface area contributed by atoms with Gasteiger partial charge in [0.1, 0.15) is 11.8 Å². The topological polar surface area (TPSA) is 60.8 Å². The molecule has 0 spiro atoms. The van der Waals surface area contributed by atoms with Crippen molar-refractivity contribution in [1.29, 1.82) is 0 Å². The maximum atomic E-state index is 11.5. The summed E-state index contributed by atoms with van der Waals surface area (Å²) in [6, 6.07) is 11.7. The maximum absolute atomic E-state index is 11.5. The van der Waals surface area contributed by atoms with E-state index >= 15 is 0 Å². The number of hydrogen-bond acceptors (Lipinski definition) is 3. The number of carboxylic acids is 1. The molecule has 2 N–H and O–H groups in total. The largest absolute Gasteiger partial charge is 0.508 e. The van der Waals surface area contributed by atoms with Gasteiger partial charge in [0.2, 0.25) is 0 Å². The first-order valence-corrected chi connectivity index (χ1v) is 6.99. The molecule has 108 valence electrons. The molecule has 0 aliphatic carbocycles. The van der Waals surface area contributed by atoms with Crippen LogP contribution in [-0.4, -0.2) is 22.2 Å². The second kappa shape index (κ2) is 5.30. The summed E-state index contributed by atoms with van der Waals surface area (Å²) in [4.78, 5) is 13.3. The average molecular weight is 304 g/mol. The van der Waals surface area contributed by atoms with E-state index in [1.807, 2.05) is 23.1 Å². The number of carbonyl (C=O) groups is 1. The molecule has 1 atom stereocenters. The van der Waals surface area contributed by atoms with Crippen LogP contribution < -0.4 is 4.90 Å². The number of aliphatic carboxylic acids is 1. The Morgan fingerprint density at radius 1 is 1.29 bits per heavy atom. The Labute approximate surface area is 127 Å². The monoisotopic (exact) mass is 303 g/mol. The summed E-state index contributed by atoms with van der Waals surface area (Å²) in [5, 5.41) is 19.6. The second-order valence-corrected chi connectivity index (χ2v) is 5.50. The molecule has 4 nitrogen and oxygen atoms in total. The Hall–Kier alpha value is -2.20. The molecule has 0 bridgehead atoms. The molecule has 0 amide bonds. The Morgan fingerprint density at radius 3 is 2.76 bits per heavy atom. The molecule has 1 unspecified atom stereocenters. The Kier molecular flexibility index (Phi) is 3.47. The van der Waals surface area contributed by atoms with Crippen LogP contribution in [-0.2, 0) is 17.8 Å². The fraction of sp³-hybridized carbons (Fsp3) is 0.188. The fourth-order valence-electron chi connectivity index (χ4n) is 2.73. The molecule has 1 heterocycles. The Bertz CT molecular complexity index is 702. The molecule has 21 heavy (non-hydrogen) atoms. The zero-order valence-corrected chi connectivity index (χ0v) is 11.9. The van der Waals surface area contributed by atoms with E-state index in [0.717, 1.165) is 16.8 Å². The summed E-state index contributed by atoms with van der Waals surface area (Å²) >= 11 is 6.17. The summed E-state index contributed by atoms with van der Waals surface area (Å²) in [5.74, 6) is -0.727. The quantitative estimate of drug-likeness (QED) is 0.915. The maximum Gasteiger partial charge on any atom is 0.326 e. The average Bonchev–Trinajstić information content (AvgIpc) is 2.79. The van der Waals surface area contributed by atoms with Gasteiger partial charge in [0.05, 0.1) is 0 Å². The first-order valence-electron chi connectivity index (χ1n) is 6.61. The van der Waals surface area contributed by atoms with Crippen LogP contribution in [0.4, 0.5) is 5.69 Å². The lowest BCUT2D eigenvalue weighted by molar-refractivity contribution is -0.138. The highest BCUT2D eigenvalue weighted by Gasteiger charge is 2.34. The number of nitrogens with zero attached hydrogens (tertiary/aromatic N) is 1. The van der Waals surface area contributed by atoms with Gasteiger partial charge in [0.25, 0.3) is 0 Å². The van der Waals surface area contributed by atoms with Crippen molar-refractivity contribution in [3.63, 3.8) is 0 Å².